The number of nitrogens with zero attached hydrogens (tertiary/aromatic N) is 2. The van der Waals surface area contributed by atoms with E-state index in [0.29, 0.717) is 5.57 Å². The Labute approximate surface area is 124 Å². The van der Waals surface area contributed by atoms with Gasteiger partial charge in [-0.05, 0) is 26.3 Å². The Bertz CT molecular complexity index is 587. The van der Waals surface area contributed by atoms with E-state index in [1.807, 2.05) is 0 Å². The third-order valence-corrected chi connectivity index (χ3v) is 2.72. The summed E-state index contributed by atoms with van der Waals surface area (Å²) in [5.41, 5.74) is 3.79. The Morgan fingerprint density at radius 3 is 1.95 bits per heavy atom. The van der Waals surface area contributed by atoms with Crippen molar-refractivity contribution >= 4 is 17.6 Å². The molecule has 0 saturated heterocycles. The van der Waals surface area contributed by atoms with Gasteiger partial charge in [-0.15, -0.1) is 5.53 Å². The quantitative estimate of drug-likeness (QED) is 0.791. The van der Waals surface area contributed by atoms with Crippen molar-refractivity contribution in [3.63, 3.8) is 0 Å². The topological polar surface area (TPSA) is 69.7 Å². The van der Waals surface area contributed by atoms with Crippen LogP contribution in [0.15, 0.2) is 48.2 Å². The molecule has 0 radical (unpaired) electrons. The molecule has 2 amide bonds. The Morgan fingerprint density at radius 2 is 1.52 bits per heavy atom. The molecule has 0 spiro atoms. The molecule has 0 fully saturated rings. The summed E-state index contributed by atoms with van der Waals surface area (Å²) < 4.78 is 0. The van der Waals surface area contributed by atoms with Crippen LogP contribution in [0, 0.1) is 0 Å². The minimum Gasteiger partial charge on any atom is -0.289 e. The number of rotatable bonds is 4. The van der Waals surface area contributed by atoms with Crippen molar-refractivity contribution < 1.29 is 14.4 Å². The SMILES string of the molecule is C=C(C)C(=O)C1=CN(C(=O)C(=C)C)NN(C(=O)C(=C)C)C1. The van der Waals surface area contributed by atoms with Gasteiger partial charge in [-0.3, -0.25) is 19.4 Å². The fourth-order valence-corrected chi connectivity index (χ4v) is 1.62. The fourth-order valence-electron chi connectivity index (χ4n) is 1.62. The summed E-state index contributed by atoms with van der Waals surface area (Å²) in [6.45, 7) is 15.4. The van der Waals surface area contributed by atoms with Crippen molar-refractivity contribution in [2.75, 3.05) is 6.54 Å². The van der Waals surface area contributed by atoms with Crippen LogP contribution in [-0.2, 0) is 14.4 Å². The van der Waals surface area contributed by atoms with Gasteiger partial charge in [-0.1, -0.05) is 19.7 Å². The molecule has 0 aromatic carbocycles. The summed E-state index contributed by atoms with van der Waals surface area (Å²) in [6.07, 6.45) is 1.36. The van der Waals surface area contributed by atoms with E-state index in [4.69, 9.17) is 0 Å². The van der Waals surface area contributed by atoms with Crippen LogP contribution in [0.2, 0.25) is 0 Å². The normalized spacial score (nSPS) is 14.3. The molecular formula is C15H19N3O3. The van der Waals surface area contributed by atoms with E-state index in [9.17, 15) is 14.4 Å². The molecule has 0 atom stereocenters. The first-order valence-electron chi connectivity index (χ1n) is 6.28. The van der Waals surface area contributed by atoms with Gasteiger partial charge in [0.15, 0.2) is 5.78 Å². The summed E-state index contributed by atoms with van der Waals surface area (Å²) in [5.74, 6) is -1.16. The van der Waals surface area contributed by atoms with E-state index in [1.54, 1.807) is 13.8 Å². The predicted molar refractivity (Wildman–Crippen MR) is 79.2 cm³/mol. The smallest absolute Gasteiger partial charge is 0.268 e. The molecule has 6 heteroatoms. The maximum atomic E-state index is 12.1. The molecule has 0 bridgehead atoms. The number of allylic oxidation sites excluding steroid dienone is 1. The number of carbonyl (C=O) groups is 3. The maximum absolute atomic E-state index is 12.1. The number of ketones is 1. The van der Waals surface area contributed by atoms with Crippen LogP contribution < -0.4 is 5.53 Å². The second-order valence-electron chi connectivity index (χ2n) is 4.99. The van der Waals surface area contributed by atoms with E-state index in [1.165, 1.54) is 13.1 Å². The van der Waals surface area contributed by atoms with Crippen LogP contribution in [0.3, 0.4) is 0 Å². The number of Topliss-reactive ketones (excluding diaryl/α,β-unsaturated/α-hetero) is 1. The van der Waals surface area contributed by atoms with Crippen LogP contribution in [0.4, 0.5) is 0 Å². The zero-order valence-corrected chi connectivity index (χ0v) is 12.5. The molecule has 112 valence electrons. The van der Waals surface area contributed by atoms with Gasteiger partial charge in [0, 0.05) is 22.9 Å². The Hall–Kier alpha value is -2.47. The third-order valence-electron chi connectivity index (χ3n) is 2.72. The average molecular weight is 289 g/mol. The molecule has 1 rings (SSSR count). The first-order valence-corrected chi connectivity index (χ1v) is 6.28. The van der Waals surface area contributed by atoms with Gasteiger partial charge in [0.1, 0.15) is 0 Å². The first-order chi connectivity index (χ1) is 9.65. The van der Waals surface area contributed by atoms with Crippen LogP contribution in [-0.4, -0.2) is 34.2 Å². The van der Waals surface area contributed by atoms with Crippen molar-refractivity contribution in [1.82, 2.24) is 15.6 Å². The first kappa shape index (κ1) is 16.6. The average Bonchev–Trinajstić information content (AvgIpc) is 2.43. The molecule has 0 aromatic heterocycles. The minimum atomic E-state index is -0.443. The Morgan fingerprint density at radius 1 is 1.00 bits per heavy atom. The van der Waals surface area contributed by atoms with Crippen molar-refractivity contribution in [1.29, 1.82) is 0 Å². The van der Waals surface area contributed by atoms with Gasteiger partial charge in [0.2, 0.25) is 0 Å². The lowest BCUT2D eigenvalue weighted by Gasteiger charge is -2.34. The minimum absolute atomic E-state index is 0.0252. The summed E-state index contributed by atoms with van der Waals surface area (Å²) in [4.78, 5) is 36.1. The zero-order valence-electron chi connectivity index (χ0n) is 12.5. The van der Waals surface area contributed by atoms with Crippen LogP contribution in [0.1, 0.15) is 20.8 Å². The lowest BCUT2D eigenvalue weighted by atomic mass is 10.1. The summed E-state index contributed by atoms with van der Waals surface area (Å²) in [7, 11) is 0. The number of amides is 2. The van der Waals surface area contributed by atoms with Crippen molar-refractivity contribution in [3.05, 3.63) is 48.2 Å². The highest BCUT2D eigenvalue weighted by atomic mass is 16.2. The molecule has 0 aromatic rings. The van der Waals surface area contributed by atoms with Crippen LogP contribution >= 0.6 is 0 Å². The Balaban J connectivity index is 3.17. The lowest BCUT2D eigenvalue weighted by molar-refractivity contribution is -0.142. The summed E-state index contributed by atoms with van der Waals surface area (Å²) in [5, 5.41) is 2.21. The highest BCUT2D eigenvalue weighted by Crippen LogP contribution is 2.14. The monoisotopic (exact) mass is 289 g/mol. The van der Waals surface area contributed by atoms with Crippen LogP contribution in [0.25, 0.3) is 0 Å². The number of carbonyl (C=O) groups excluding carboxylic acids is 3. The van der Waals surface area contributed by atoms with E-state index >= 15 is 0 Å². The molecule has 6 nitrogen and oxygen atoms in total. The third kappa shape index (κ3) is 3.76. The van der Waals surface area contributed by atoms with Gasteiger partial charge in [-0.25, -0.2) is 5.01 Å². The van der Waals surface area contributed by atoms with E-state index in [0.717, 1.165) is 10.0 Å². The zero-order chi connectivity index (χ0) is 16.3. The number of hydrogen-bond acceptors (Lipinski definition) is 4. The molecule has 1 N–H and O–H groups in total. The molecule has 0 saturated carbocycles. The summed E-state index contributed by atoms with van der Waals surface area (Å²) >= 11 is 0. The molecular weight excluding hydrogens is 270 g/mol. The lowest BCUT2D eigenvalue weighted by Crippen LogP contribution is -2.57. The second kappa shape index (κ2) is 6.32. The van der Waals surface area contributed by atoms with E-state index < -0.39 is 11.8 Å². The number of nitrogens with one attached hydrogen (secondary N) is 1. The largest absolute Gasteiger partial charge is 0.289 e. The second-order valence-corrected chi connectivity index (χ2v) is 4.99. The summed E-state index contributed by atoms with van der Waals surface area (Å²) in [6, 6.07) is 0. The number of hydrazine groups is 2. The van der Waals surface area contributed by atoms with Gasteiger partial charge in [0.25, 0.3) is 11.8 Å². The highest BCUT2D eigenvalue weighted by Gasteiger charge is 2.28. The van der Waals surface area contributed by atoms with Crippen molar-refractivity contribution in [3.8, 4) is 0 Å². The van der Waals surface area contributed by atoms with Gasteiger partial charge >= 0.3 is 0 Å². The molecule has 1 aliphatic rings. The molecule has 0 unspecified atom stereocenters. The van der Waals surface area contributed by atoms with Gasteiger partial charge < -0.3 is 0 Å². The standard InChI is InChI=1S/C15H19N3O3/c1-9(2)13(19)12-7-17(14(20)10(3)4)16-18(8-12)15(21)11(5)6/h7,16H,1,3,5,8H2,2,4,6H3. The molecule has 0 aliphatic carbocycles. The van der Waals surface area contributed by atoms with E-state index in [2.05, 4.69) is 25.3 Å². The maximum Gasteiger partial charge on any atom is 0.268 e. The predicted octanol–water partition coefficient (Wildman–Crippen LogP) is 1.26. The number of hydrogen-bond donors (Lipinski definition) is 1. The van der Waals surface area contributed by atoms with Crippen LogP contribution in [0.5, 0.6) is 0 Å². The van der Waals surface area contributed by atoms with E-state index in [-0.39, 0.29) is 29.0 Å². The molecule has 21 heavy (non-hydrogen) atoms. The van der Waals surface area contributed by atoms with Crippen molar-refractivity contribution in [2.45, 2.75) is 20.8 Å². The molecule has 1 heterocycles. The van der Waals surface area contributed by atoms with Gasteiger partial charge in [0.05, 0.1) is 6.54 Å². The van der Waals surface area contributed by atoms with Crippen molar-refractivity contribution in [2.24, 2.45) is 0 Å². The Kier molecular flexibility index (Phi) is 4.99. The molecule has 1 aliphatic heterocycles. The highest BCUT2D eigenvalue weighted by molar-refractivity contribution is 6.08. The van der Waals surface area contributed by atoms with Gasteiger partial charge in [-0.2, -0.15) is 0 Å². The fraction of sp³-hybridized carbons (Fsp3) is 0.267.